The van der Waals surface area contributed by atoms with Gasteiger partial charge in [0.1, 0.15) is 5.78 Å². The van der Waals surface area contributed by atoms with E-state index in [0.717, 1.165) is 84.9 Å². The van der Waals surface area contributed by atoms with Crippen molar-refractivity contribution in [1.29, 1.82) is 0 Å². The van der Waals surface area contributed by atoms with Crippen molar-refractivity contribution in [1.82, 2.24) is 14.8 Å². The molecule has 34 heavy (non-hydrogen) atoms. The van der Waals surface area contributed by atoms with Crippen molar-refractivity contribution in [2.45, 2.75) is 46.0 Å². The first-order valence-electron chi connectivity index (χ1n) is 12.3. The van der Waals surface area contributed by atoms with Gasteiger partial charge in [-0.2, -0.15) is 0 Å². The molecule has 2 amide bonds. The fourth-order valence-corrected chi connectivity index (χ4v) is 5.41. The number of hydrogen-bond donors (Lipinski definition) is 2. The first-order chi connectivity index (χ1) is 16.4. The number of likely N-dealkylation sites (tertiary alicyclic amines) is 1. The Balaban J connectivity index is 1.43. The molecule has 3 aliphatic rings. The van der Waals surface area contributed by atoms with Crippen molar-refractivity contribution in [2.24, 2.45) is 0 Å². The molecule has 0 bridgehead atoms. The lowest BCUT2D eigenvalue weighted by molar-refractivity contribution is -0.116. The zero-order valence-corrected chi connectivity index (χ0v) is 20.0. The lowest BCUT2D eigenvalue weighted by atomic mass is 10.00. The third-order valence-electron chi connectivity index (χ3n) is 7.22. The number of nitrogens with zero attached hydrogens (tertiary/aromatic N) is 2. The Bertz CT molecular complexity index is 1190. The summed E-state index contributed by atoms with van der Waals surface area (Å²) in [5.41, 5.74) is 6.40. The molecule has 2 aromatic rings. The summed E-state index contributed by atoms with van der Waals surface area (Å²) in [6.07, 6.45) is 6.43. The van der Waals surface area contributed by atoms with E-state index in [-0.39, 0.29) is 17.6 Å². The van der Waals surface area contributed by atoms with Gasteiger partial charge in [-0.05, 0) is 82.0 Å². The molecule has 0 radical (unpaired) electrons. The Kier molecular flexibility index (Phi) is 6.13. The second kappa shape index (κ2) is 9.22. The molecule has 5 rings (SSSR count). The predicted molar refractivity (Wildman–Crippen MR) is 133 cm³/mol. The highest BCUT2D eigenvalue weighted by atomic mass is 16.2. The summed E-state index contributed by atoms with van der Waals surface area (Å²) in [7, 11) is 0. The van der Waals surface area contributed by atoms with Crippen LogP contribution in [0.1, 0.15) is 64.6 Å². The van der Waals surface area contributed by atoms with Gasteiger partial charge in [0.25, 0.3) is 11.8 Å². The highest BCUT2D eigenvalue weighted by Crippen LogP contribution is 2.35. The smallest absolute Gasteiger partial charge is 0.256 e. The molecule has 0 unspecified atom stereocenters. The van der Waals surface area contributed by atoms with Crippen LogP contribution < -0.4 is 5.32 Å². The summed E-state index contributed by atoms with van der Waals surface area (Å²) in [5, 5.41) is 2.91. The number of hydrogen-bond acceptors (Lipinski definition) is 4. The average Bonchev–Trinajstić information content (AvgIpc) is 3.47. The van der Waals surface area contributed by atoms with E-state index in [4.69, 9.17) is 0 Å². The van der Waals surface area contributed by atoms with Crippen LogP contribution in [-0.2, 0) is 22.4 Å². The second-order valence-electron chi connectivity index (χ2n) is 9.73. The van der Waals surface area contributed by atoms with Gasteiger partial charge in [-0.25, -0.2) is 0 Å². The molecule has 1 aromatic heterocycles. The summed E-state index contributed by atoms with van der Waals surface area (Å²) in [6.45, 7) is 8.25. The molecule has 3 aliphatic heterocycles. The number of rotatable bonds is 6. The lowest BCUT2D eigenvalue weighted by Crippen LogP contribution is -2.38. The molecule has 0 atom stereocenters. The molecule has 7 nitrogen and oxygen atoms in total. The minimum absolute atomic E-state index is 0.0829. The minimum Gasteiger partial charge on any atom is -0.358 e. The summed E-state index contributed by atoms with van der Waals surface area (Å²) < 4.78 is 0. The predicted octanol–water partition coefficient (Wildman–Crippen LogP) is 3.43. The number of ketones is 1. The van der Waals surface area contributed by atoms with E-state index in [2.05, 4.69) is 15.2 Å². The van der Waals surface area contributed by atoms with E-state index in [9.17, 15) is 14.4 Å². The Morgan fingerprint density at radius 2 is 1.88 bits per heavy atom. The molecular formula is C27H32N4O3. The molecule has 1 saturated heterocycles. The Labute approximate surface area is 200 Å². The summed E-state index contributed by atoms with van der Waals surface area (Å²) in [5.74, 6) is 0.00219. The second-order valence-corrected chi connectivity index (χ2v) is 9.73. The number of amides is 2. The van der Waals surface area contributed by atoms with Gasteiger partial charge < -0.3 is 20.1 Å². The van der Waals surface area contributed by atoms with Crippen LogP contribution in [-0.4, -0.2) is 65.1 Å². The zero-order valence-electron chi connectivity index (χ0n) is 20.0. The molecular weight excluding hydrogens is 428 g/mol. The number of aryl methyl sites for hydroxylation is 1. The van der Waals surface area contributed by atoms with E-state index in [1.807, 2.05) is 36.1 Å². The highest BCUT2D eigenvalue weighted by Gasteiger charge is 2.29. The molecule has 0 spiro atoms. The third kappa shape index (κ3) is 4.32. The minimum atomic E-state index is -0.169. The van der Waals surface area contributed by atoms with Crippen molar-refractivity contribution in [3.63, 3.8) is 0 Å². The number of carbonyl (C=O) groups is 3. The van der Waals surface area contributed by atoms with Crippen LogP contribution in [0.2, 0.25) is 0 Å². The largest absolute Gasteiger partial charge is 0.358 e. The number of aromatic amines is 1. The SMILES string of the molecule is CC(=O)Cc1ccc2c(c1)/C(=C/c1[nH]c3c(c1C)C(=O)N(CCN1CCCC1)CCC3)C(=O)N2. The van der Waals surface area contributed by atoms with E-state index < -0.39 is 0 Å². The van der Waals surface area contributed by atoms with Gasteiger partial charge in [0.05, 0.1) is 11.1 Å². The fraction of sp³-hybridized carbons (Fsp3) is 0.444. The standard InChI is InChI=1S/C27H32N4O3/c1-17(32)14-19-7-8-22-20(15-19)21(26(33)29-22)16-24-18(2)25-23(28-24)6-5-11-31(27(25)34)13-12-30-9-3-4-10-30/h7-8,15-16,28H,3-6,9-14H2,1-2H3,(H,29,33)/b21-16-. The summed E-state index contributed by atoms with van der Waals surface area (Å²) in [4.78, 5) is 45.7. The van der Waals surface area contributed by atoms with E-state index >= 15 is 0 Å². The van der Waals surface area contributed by atoms with E-state index in [1.165, 1.54) is 12.8 Å². The topological polar surface area (TPSA) is 85.5 Å². The van der Waals surface area contributed by atoms with Crippen LogP contribution >= 0.6 is 0 Å². The number of aromatic nitrogens is 1. The highest BCUT2D eigenvalue weighted by molar-refractivity contribution is 6.35. The zero-order chi connectivity index (χ0) is 23.8. The van der Waals surface area contributed by atoms with Crippen LogP contribution in [0, 0.1) is 6.92 Å². The lowest BCUT2D eigenvalue weighted by Gasteiger charge is -2.24. The van der Waals surface area contributed by atoms with Crippen LogP contribution in [0.4, 0.5) is 5.69 Å². The van der Waals surface area contributed by atoms with Gasteiger partial charge in [0.2, 0.25) is 0 Å². The molecule has 7 heteroatoms. The number of benzene rings is 1. The summed E-state index contributed by atoms with van der Waals surface area (Å²) >= 11 is 0. The van der Waals surface area contributed by atoms with Gasteiger partial charge in [-0.15, -0.1) is 0 Å². The van der Waals surface area contributed by atoms with Gasteiger partial charge in [0, 0.05) is 48.7 Å². The monoisotopic (exact) mass is 460 g/mol. The van der Waals surface area contributed by atoms with E-state index in [1.54, 1.807) is 6.92 Å². The van der Waals surface area contributed by atoms with E-state index in [0.29, 0.717) is 12.0 Å². The molecule has 0 saturated carbocycles. The number of anilines is 1. The molecule has 0 aliphatic carbocycles. The van der Waals surface area contributed by atoms with Gasteiger partial charge in [-0.3, -0.25) is 14.4 Å². The maximum Gasteiger partial charge on any atom is 0.256 e. The number of nitrogens with one attached hydrogen (secondary N) is 2. The molecule has 178 valence electrons. The first-order valence-corrected chi connectivity index (χ1v) is 12.3. The number of Topliss-reactive ketones (excluding diaryl/α,β-unsaturated/α-hetero) is 1. The van der Waals surface area contributed by atoms with Crippen molar-refractivity contribution in [2.75, 3.05) is 38.0 Å². The Morgan fingerprint density at radius 3 is 2.65 bits per heavy atom. The number of carbonyl (C=O) groups excluding carboxylic acids is 3. The Morgan fingerprint density at radius 1 is 1.09 bits per heavy atom. The normalized spacial score (nSPS) is 19.4. The van der Waals surface area contributed by atoms with Crippen molar-refractivity contribution in [3.05, 3.63) is 51.8 Å². The van der Waals surface area contributed by atoms with Crippen LogP contribution in [0.5, 0.6) is 0 Å². The van der Waals surface area contributed by atoms with Gasteiger partial charge in [-0.1, -0.05) is 6.07 Å². The molecule has 2 N–H and O–H groups in total. The number of fused-ring (bicyclic) bond motifs is 2. The average molecular weight is 461 g/mol. The number of H-pyrrole nitrogens is 1. The van der Waals surface area contributed by atoms with Crippen LogP contribution in [0.25, 0.3) is 11.6 Å². The van der Waals surface area contributed by atoms with Crippen molar-refractivity contribution >= 4 is 34.9 Å². The van der Waals surface area contributed by atoms with Gasteiger partial charge >= 0.3 is 0 Å². The molecule has 4 heterocycles. The molecule has 1 fully saturated rings. The van der Waals surface area contributed by atoms with Crippen molar-refractivity contribution < 1.29 is 14.4 Å². The fourth-order valence-electron chi connectivity index (χ4n) is 5.41. The maximum atomic E-state index is 13.5. The first kappa shape index (κ1) is 22.6. The van der Waals surface area contributed by atoms with Gasteiger partial charge in [0.15, 0.2) is 0 Å². The van der Waals surface area contributed by atoms with Crippen molar-refractivity contribution in [3.8, 4) is 0 Å². The van der Waals surface area contributed by atoms with Crippen LogP contribution in [0.3, 0.4) is 0 Å². The molecule has 1 aromatic carbocycles. The quantitative estimate of drug-likeness (QED) is 0.647. The third-order valence-corrected chi connectivity index (χ3v) is 7.22. The Hall–Kier alpha value is -3.19. The summed E-state index contributed by atoms with van der Waals surface area (Å²) in [6, 6.07) is 5.64. The van der Waals surface area contributed by atoms with Crippen LogP contribution in [0.15, 0.2) is 18.2 Å². The maximum absolute atomic E-state index is 13.5.